The second-order valence-electron chi connectivity index (χ2n) is 2.53. The molecule has 0 fully saturated rings. The maximum atomic E-state index is 11.1. The number of hydrogen-bond donors (Lipinski definition) is 2. The first-order valence-electron chi connectivity index (χ1n) is 3.55. The van der Waals surface area contributed by atoms with Gasteiger partial charge < -0.3 is 4.74 Å². The van der Waals surface area contributed by atoms with E-state index in [1.54, 1.807) is 7.11 Å². The standard InChI is InChI=1S/C6H11N3O2S/c1-4(3-11-2)9-5(10)7-8-6(9)12/h4H,3H2,1-2H3,(H,7,10)(H,8,12). The van der Waals surface area contributed by atoms with Gasteiger partial charge in [-0.3, -0.25) is 9.67 Å². The van der Waals surface area contributed by atoms with E-state index in [1.165, 1.54) is 4.57 Å². The zero-order valence-electron chi connectivity index (χ0n) is 6.96. The molecule has 0 aromatic carbocycles. The Kier molecular flexibility index (Phi) is 2.83. The lowest BCUT2D eigenvalue weighted by Gasteiger charge is -2.08. The molecule has 12 heavy (non-hydrogen) atoms. The van der Waals surface area contributed by atoms with Gasteiger partial charge in [0, 0.05) is 7.11 Å². The lowest BCUT2D eigenvalue weighted by molar-refractivity contribution is 0.160. The molecular weight excluding hydrogens is 178 g/mol. The van der Waals surface area contributed by atoms with Gasteiger partial charge in [-0.25, -0.2) is 9.89 Å². The summed E-state index contributed by atoms with van der Waals surface area (Å²) >= 11 is 4.88. The van der Waals surface area contributed by atoms with Gasteiger partial charge in [0.1, 0.15) is 0 Å². The predicted octanol–water partition coefficient (Wildman–Crippen LogP) is 0.441. The van der Waals surface area contributed by atoms with Crippen LogP contribution in [-0.4, -0.2) is 28.5 Å². The lowest BCUT2D eigenvalue weighted by atomic mass is 10.4. The number of methoxy groups -OCH3 is 1. The predicted molar refractivity (Wildman–Crippen MR) is 46.8 cm³/mol. The van der Waals surface area contributed by atoms with Crippen LogP contribution in [0.1, 0.15) is 13.0 Å². The fourth-order valence-electron chi connectivity index (χ4n) is 1.04. The van der Waals surface area contributed by atoms with Gasteiger partial charge >= 0.3 is 5.69 Å². The molecule has 6 heteroatoms. The molecule has 0 spiro atoms. The van der Waals surface area contributed by atoms with Crippen molar-refractivity contribution in [1.82, 2.24) is 14.8 Å². The number of H-pyrrole nitrogens is 2. The number of aromatic nitrogens is 3. The Morgan fingerprint density at radius 1 is 1.67 bits per heavy atom. The van der Waals surface area contributed by atoms with Gasteiger partial charge in [0.25, 0.3) is 0 Å². The minimum atomic E-state index is -0.232. The van der Waals surface area contributed by atoms with E-state index in [0.717, 1.165) is 0 Å². The fraction of sp³-hybridized carbons (Fsp3) is 0.667. The van der Waals surface area contributed by atoms with Gasteiger partial charge in [0.2, 0.25) is 0 Å². The second-order valence-corrected chi connectivity index (χ2v) is 2.92. The molecule has 1 unspecified atom stereocenters. The van der Waals surface area contributed by atoms with Crippen LogP contribution in [0.5, 0.6) is 0 Å². The van der Waals surface area contributed by atoms with Gasteiger partial charge in [-0.05, 0) is 19.1 Å². The Labute approximate surface area is 74.4 Å². The van der Waals surface area contributed by atoms with Crippen molar-refractivity contribution in [2.75, 3.05) is 13.7 Å². The highest BCUT2D eigenvalue weighted by Gasteiger charge is 2.08. The summed E-state index contributed by atoms with van der Waals surface area (Å²) in [4.78, 5) is 11.1. The van der Waals surface area contributed by atoms with Crippen LogP contribution < -0.4 is 5.69 Å². The van der Waals surface area contributed by atoms with Crippen LogP contribution in [0.2, 0.25) is 0 Å². The summed E-state index contributed by atoms with van der Waals surface area (Å²) in [6.07, 6.45) is 0. The van der Waals surface area contributed by atoms with Crippen molar-refractivity contribution >= 4 is 12.2 Å². The van der Waals surface area contributed by atoms with E-state index in [-0.39, 0.29) is 11.7 Å². The number of aromatic amines is 2. The molecule has 1 heterocycles. The molecular formula is C6H11N3O2S. The van der Waals surface area contributed by atoms with Crippen molar-refractivity contribution in [2.24, 2.45) is 0 Å². The summed E-state index contributed by atoms with van der Waals surface area (Å²) < 4.78 is 6.74. The zero-order chi connectivity index (χ0) is 9.14. The van der Waals surface area contributed by atoms with Crippen LogP contribution in [0.3, 0.4) is 0 Å². The van der Waals surface area contributed by atoms with E-state index in [9.17, 15) is 4.79 Å². The van der Waals surface area contributed by atoms with Gasteiger partial charge in [-0.15, -0.1) is 0 Å². The molecule has 1 atom stereocenters. The largest absolute Gasteiger partial charge is 0.383 e. The number of nitrogens with zero attached hydrogens (tertiary/aromatic N) is 1. The minimum Gasteiger partial charge on any atom is -0.383 e. The van der Waals surface area contributed by atoms with Gasteiger partial charge in [-0.2, -0.15) is 0 Å². The van der Waals surface area contributed by atoms with E-state index in [0.29, 0.717) is 11.4 Å². The molecule has 0 aliphatic rings. The van der Waals surface area contributed by atoms with E-state index >= 15 is 0 Å². The minimum absolute atomic E-state index is 0.0440. The molecule has 1 rings (SSSR count). The quantitative estimate of drug-likeness (QED) is 0.678. The summed E-state index contributed by atoms with van der Waals surface area (Å²) in [6, 6.07) is -0.0440. The Balaban J connectivity index is 3.01. The molecule has 1 aromatic heterocycles. The van der Waals surface area contributed by atoms with Gasteiger partial charge in [0.05, 0.1) is 12.6 Å². The molecule has 0 aliphatic carbocycles. The van der Waals surface area contributed by atoms with E-state index in [2.05, 4.69) is 10.2 Å². The van der Waals surface area contributed by atoms with Crippen molar-refractivity contribution in [2.45, 2.75) is 13.0 Å². The maximum Gasteiger partial charge on any atom is 0.342 e. The van der Waals surface area contributed by atoms with Crippen LogP contribution in [0.15, 0.2) is 4.79 Å². The number of ether oxygens (including phenoxy) is 1. The topological polar surface area (TPSA) is 62.8 Å². The molecule has 0 saturated heterocycles. The third-order valence-corrected chi connectivity index (χ3v) is 1.86. The summed E-state index contributed by atoms with van der Waals surface area (Å²) in [5.74, 6) is 0. The van der Waals surface area contributed by atoms with Crippen LogP contribution >= 0.6 is 12.2 Å². The van der Waals surface area contributed by atoms with Gasteiger partial charge in [0.15, 0.2) is 4.77 Å². The first kappa shape index (κ1) is 9.21. The molecule has 68 valence electrons. The number of nitrogens with one attached hydrogen (secondary N) is 2. The Hall–Kier alpha value is -0.880. The third-order valence-electron chi connectivity index (χ3n) is 1.56. The fourth-order valence-corrected chi connectivity index (χ4v) is 1.35. The summed E-state index contributed by atoms with van der Waals surface area (Å²) in [7, 11) is 1.58. The van der Waals surface area contributed by atoms with Crippen LogP contribution in [0.25, 0.3) is 0 Å². The summed E-state index contributed by atoms with van der Waals surface area (Å²) in [5.41, 5.74) is -0.232. The monoisotopic (exact) mass is 189 g/mol. The second kappa shape index (κ2) is 3.68. The third kappa shape index (κ3) is 1.64. The molecule has 1 aromatic rings. The van der Waals surface area contributed by atoms with Gasteiger partial charge in [-0.1, -0.05) is 0 Å². The average molecular weight is 189 g/mol. The van der Waals surface area contributed by atoms with Crippen LogP contribution in [0.4, 0.5) is 0 Å². The van der Waals surface area contributed by atoms with Crippen LogP contribution in [-0.2, 0) is 4.74 Å². The highest BCUT2D eigenvalue weighted by molar-refractivity contribution is 7.71. The molecule has 0 radical (unpaired) electrons. The molecule has 0 amide bonds. The van der Waals surface area contributed by atoms with Crippen molar-refractivity contribution in [3.63, 3.8) is 0 Å². The SMILES string of the molecule is COCC(C)n1c(=O)[nH][nH]c1=S. The van der Waals surface area contributed by atoms with Crippen LogP contribution in [0, 0.1) is 4.77 Å². The van der Waals surface area contributed by atoms with Crippen molar-refractivity contribution in [3.8, 4) is 0 Å². The normalized spacial score (nSPS) is 13.2. The Morgan fingerprint density at radius 3 is 2.75 bits per heavy atom. The summed E-state index contributed by atoms with van der Waals surface area (Å²) in [6.45, 7) is 2.33. The maximum absolute atomic E-state index is 11.1. The molecule has 0 aliphatic heterocycles. The number of rotatable bonds is 3. The van der Waals surface area contributed by atoms with E-state index in [1.807, 2.05) is 6.92 Å². The number of hydrogen-bond acceptors (Lipinski definition) is 3. The van der Waals surface area contributed by atoms with Crippen molar-refractivity contribution < 1.29 is 4.74 Å². The molecule has 0 saturated carbocycles. The smallest absolute Gasteiger partial charge is 0.342 e. The molecule has 5 nitrogen and oxygen atoms in total. The highest BCUT2D eigenvalue weighted by Crippen LogP contribution is 2.00. The first-order valence-corrected chi connectivity index (χ1v) is 3.95. The molecule has 2 N–H and O–H groups in total. The Bertz CT molecular complexity index is 323. The Morgan fingerprint density at radius 2 is 2.33 bits per heavy atom. The first-order chi connectivity index (χ1) is 5.66. The van der Waals surface area contributed by atoms with Crippen molar-refractivity contribution in [1.29, 1.82) is 0 Å². The lowest BCUT2D eigenvalue weighted by Crippen LogP contribution is -2.23. The zero-order valence-corrected chi connectivity index (χ0v) is 7.77. The molecule has 0 bridgehead atoms. The average Bonchev–Trinajstić information content (AvgIpc) is 2.32. The van der Waals surface area contributed by atoms with Crippen molar-refractivity contribution in [3.05, 3.63) is 15.3 Å². The van der Waals surface area contributed by atoms with E-state index < -0.39 is 0 Å². The van der Waals surface area contributed by atoms with E-state index in [4.69, 9.17) is 17.0 Å². The summed E-state index contributed by atoms with van der Waals surface area (Å²) in [5, 5.41) is 4.96. The highest BCUT2D eigenvalue weighted by atomic mass is 32.1.